The summed E-state index contributed by atoms with van der Waals surface area (Å²) >= 11 is 0. The van der Waals surface area contributed by atoms with Gasteiger partial charge in [-0.1, -0.05) is 6.07 Å². The Kier molecular flexibility index (Phi) is 4.33. The molecule has 5 heteroatoms. The number of nitrogens with one attached hydrogen (secondary N) is 1. The van der Waals surface area contributed by atoms with Crippen LogP contribution in [0, 0.1) is 0 Å². The molecule has 0 bridgehead atoms. The molecule has 1 aromatic carbocycles. The van der Waals surface area contributed by atoms with Crippen LogP contribution in [0.15, 0.2) is 18.2 Å². The van der Waals surface area contributed by atoms with Crippen LogP contribution in [-0.4, -0.2) is 49.0 Å². The molecule has 1 heterocycles. The summed E-state index contributed by atoms with van der Waals surface area (Å²) in [4.78, 5) is 2.42. The Morgan fingerprint density at radius 1 is 1.29 bits per heavy atom. The normalized spacial score (nSPS) is 19.8. The first kappa shape index (κ1) is 14.6. The lowest BCUT2D eigenvalue weighted by Crippen LogP contribution is -2.40. The average molecular weight is 292 g/mol. The molecular formula is C16H24N2O3. The molecule has 0 amide bonds. The SMILES string of the molecule is CC(CNCC(O)c1ccc2c(c1)OCO2)N(C)C1CC1. The van der Waals surface area contributed by atoms with Crippen molar-refractivity contribution in [2.45, 2.75) is 38.0 Å². The summed E-state index contributed by atoms with van der Waals surface area (Å²) < 4.78 is 10.6. The molecule has 1 aliphatic carbocycles. The topological polar surface area (TPSA) is 54.0 Å². The molecule has 0 saturated heterocycles. The Hall–Kier alpha value is -1.30. The molecule has 1 saturated carbocycles. The van der Waals surface area contributed by atoms with Crippen LogP contribution < -0.4 is 14.8 Å². The third-order valence-electron chi connectivity index (χ3n) is 4.38. The zero-order valence-electron chi connectivity index (χ0n) is 12.7. The second kappa shape index (κ2) is 6.22. The number of aliphatic hydroxyl groups is 1. The maximum Gasteiger partial charge on any atom is 0.231 e. The molecule has 21 heavy (non-hydrogen) atoms. The largest absolute Gasteiger partial charge is 0.454 e. The van der Waals surface area contributed by atoms with Gasteiger partial charge in [0.1, 0.15) is 0 Å². The highest BCUT2D eigenvalue weighted by atomic mass is 16.7. The Labute approximate surface area is 125 Å². The van der Waals surface area contributed by atoms with E-state index in [9.17, 15) is 5.11 Å². The molecule has 5 nitrogen and oxygen atoms in total. The van der Waals surface area contributed by atoms with Gasteiger partial charge >= 0.3 is 0 Å². The molecule has 2 atom stereocenters. The third kappa shape index (κ3) is 3.48. The van der Waals surface area contributed by atoms with Crippen molar-refractivity contribution >= 4 is 0 Å². The molecule has 3 rings (SSSR count). The van der Waals surface area contributed by atoms with Crippen molar-refractivity contribution in [1.82, 2.24) is 10.2 Å². The summed E-state index contributed by atoms with van der Waals surface area (Å²) in [5.41, 5.74) is 0.856. The predicted molar refractivity (Wildman–Crippen MR) is 80.6 cm³/mol. The quantitative estimate of drug-likeness (QED) is 0.798. The van der Waals surface area contributed by atoms with Crippen LogP contribution in [0.2, 0.25) is 0 Å². The number of likely N-dealkylation sites (N-methyl/N-ethyl adjacent to an activating group) is 1. The molecular weight excluding hydrogens is 268 g/mol. The van der Waals surface area contributed by atoms with Crippen LogP contribution in [0.5, 0.6) is 11.5 Å². The second-order valence-electron chi connectivity index (χ2n) is 6.03. The van der Waals surface area contributed by atoms with Gasteiger partial charge in [-0.15, -0.1) is 0 Å². The summed E-state index contributed by atoms with van der Waals surface area (Å²) in [5.74, 6) is 1.46. The highest BCUT2D eigenvalue weighted by molar-refractivity contribution is 5.45. The lowest BCUT2D eigenvalue weighted by Gasteiger charge is -2.25. The van der Waals surface area contributed by atoms with Crippen LogP contribution in [0.4, 0.5) is 0 Å². The number of hydrogen-bond donors (Lipinski definition) is 2. The van der Waals surface area contributed by atoms with E-state index in [2.05, 4.69) is 24.2 Å². The molecule has 1 fully saturated rings. The maximum absolute atomic E-state index is 10.3. The molecule has 2 aliphatic rings. The first-order valence-corrected chi connectivity index (χ1v) is 7.65. The van der Waals surface area contributed by atoms with E-state index in [1.54, 1.807) is 0 Å². The van der Waals surface area contributed by atoms with Crippen molar-refractivity contribution in [3.63, 3.8) is 0 Å². The molecule has 2 unspecified atom stereocenters. The number of aliphatic hydroxyl groups excluding tert-OH is 1. The Balaban J connectivity index is 1.46. The van der Waals surface area contributed by atoms with Crippen LogP contribution in [-0.2, 0) is 0 Å². The van der Waals surface area contributed by atoms with E-state index in [0.717, 1.165) is 23.9 Å². The van der Waals surface area contributed by atoms with Gasteiger partial charge in [-0.05, 0) is 44.5 Å². The zero-order chi connectivity index (χ0) is 14.8. The van der Waals surface area contributed by atoms with Gasteiger partial charge in [-0.25, -0.2) is 0 Å². The maximum atomic E-state index is 10.3. The van der Waals surface area contributed by atoms with Gasteiger partial charge in [0.05, 0.1) is 6.10 Å². The third-order valence-corrected chi connectivity index (χ3v) is 4.38. The van der Waals surface area contributed by atoms with E-state index < -0.39 is 6.10 Å². The molecule has 116 valence electrons. The lowest BCUT2D eigenvalue weighted by molar-refractivity contribution is 0.165. The Morgan fingerprint density at radius 3 is 2.81 bits per heavy atom. The highest BCUT2D eigenvalue weighted by Crippen LogP contribution is 2.34. The fourth-order valence-corrected chi connectivity index (χ4v) is 2.65. The van der Waals surface area contributed by atoms with Gasteiger partial charge in [0.2, 0.25) is 6.79 Å². The molecule has 1 aromatic rings. The van der Waals surface area contributed by atoms with Crippen LogP contribution in [0.3, 0.4) is 0 Å². The van der Waals surface area contributed by atoms with E-state index in [4.69, 9.17) is 9.47 Å². The zero-order valence-corrected chi connectivity index (χ0v) is 12.7. The first-order valence-electron chi connectivity index (χ1n) is 7.65. The minimum absolute atomic E-state index is 0.262. The van der Waals surface area contributed by atoms with Crippen LogP contribution in [0.25, 0.3) is 0 Å². The predicted octanol–water partition coefficient (Wildman–Crippen LogP) is 1.52. The van der Waals surface area contributed by atoms with Crippen molar-refractivity contribution < 1.29 is 14.6 Å². The fourth-order valence-electron chi connectivity index (χ4n) is 2.65. The Morgan fingerprint density at radius 2 is 2.05 bits per heavy atom. The van der Waals surface area contributed by atoms with Gasteiger partial charge in [0.15, 0.2) is 11.5 Å². The van der Waals surface area contributed by atoms with Gasteiger partial charge in [0.25, 0.3) is 0 Å². The summed E-state index contributed by atoms with van der Waals surface area (Å²) in [6.45, 7) is 3.91. The molecule has 0 aromatic heterocycles. The minimum Gasteiger partial charge on any atom is -0.454 e. The van der Waals surface area contributed by atoms with Gasteiger partial charge in [-0.2, -0.15) is 0 Å². The number of nitrogens with zero attached hydrogens (tertiary/aromatic N) is 1. The van der Waals surface area contributed by atoms with Crippen molar-refractivity contribution in [2.24, 2.45) is 0 Å². The number of rotatable bonds is 7. The van der Waals surface area contributed by atoms with E-state index in [0.29, 0.717) is 18.3 Å². The minimum atomic E-state index is -0.530. The van der Waals surface area contributed by atoms with Gasteiger partial charge in [-0.3, -0.25) is 4.90 Å². The van der Waals surface area contributed by atoms with Crippen molar-refractivity contribution in [1.29, 1.82) is 0 Å². The standard InChI is InChI=1S/C16H24N2O3/c1-11(18(2)13-4-5-13)8-17-9-14(19)12-3-6-15-16(7-12)21-10-20-15/h3,6-7,11,13-14,17,19H,4-5,8-10H2,1-2H3. The van der Waals surface area contributed by atoms with Crippen molar-refractivity contribution in [3.8, 4) is 11.5 Å². The van der Waals surface area contributed by atoms with E-state index >= 15 is 0 Å². The summed E-state index contributed by atoms with van der Waals surface area (Å²) in [7, 11) is 2.18. The highest BCUT2D eigenvalue weighted by Gasteiger charge is 2.28. The number of ether oxygens (including phenoxy) is 2. The summed E-state index contributed by atoms with van der Waals surface area (Å²) in [6, 6.07) is 6.85. The Bertz CT molecular complexity index is 490. The monoisotopic (exact) mass is 292 g/mol. The number of fused-ring (bicyclic) bond motifs is 1. The fraction of sp³-hybridized carbons (Fsp3) is 0.625. The second-order valence-corrected chi connectivity index (χ2v) is 6.03. The van der Waals surface area contributed by atoms with Crippen molar-refractivity contribution in [2.75, 3.05) is 26.9 Å². The average Bonchev–Trinajstić information content (AvgIpc) is 3.23. The van der Waals surface area contributed by atoms with E-state index in [1.165, 1.54) is 12.8 Å². The van der Waals surface area contributed by atoms with Crippen molar-refractivity contribution in [3.05, 3.63) is 23.8 Å². The molecule has 0 spiro atoms. The lowest BCUT2D eigenvalue weighted by atomic mass is 10.1. The van der Waals surface area contributed by atoms with Gasteiger partial charge in [0, 0.05) is 25.2 Å². The molecule has 0 radical (unpaired) electrons. The first-order chi connectivity index (χ1) is 10.1. The smallest absolute Gasteiger partial charge is 0.231 e. The number of hydrogen-bond acceptors (Lipinski definition) is 5. The molecule has 1 aliphatic heterocycles. The van der Waals surface area contributed by atoms with Crippen LogP contribution >= 0.6 is 0 Å². The van der Waals surface area contributed by atoms with E-state index in [-0.39, 0.29) is 6.79 Å². The molecule has 2 N–H and O–H groups in total. The van der Waals surface area contributed by atoms with Gasteiger partial charge < -0.3 is 19.9 Å². The number of benzene rings is 1. The van der Waals surface area contributed by atoms with Crippen LogP contribution in [0.1, 0.15) is 31.4 Å². The van der Waals surface area contributed by atoms with E-state index in [1.807, 2.05) is 18.2 Å². The summed E-state index contributed by atoms with van der Waals surface area (Å²) in [5, 5.41) is 13.6. The summed E-state index contributed by atoms with van der Waals surface area (Å²) in [6.07, 6.45) is 2.11.